The van der Waals surface area contributed by atoms with Crippen LogP contribution in [0.5, 0.6) is 11.5 Å². The zero-order valence-electron chi connectivity index (χ0n) is 11.7. The van der Waals surface area contributed by atoms with Crippen molar-refractivity contribution in [2.24, 2.45) is 0 Å². The van der Waals surface area contributed by atoms with Crippen molar-refractivity contribution in [3.05, 3.63) is 42.2 Å². The molecule has 2 N–H and O–H groups in total. The number of nitrogen functional groups attached to an aromatic ring is 1. The van der Waals surface area contributed by atoms with E-state index in [0.717, 1.165) is 5.56 Å². The lowest BCUT2D eigenvalue weighted by molar-refractivity contribution is 0.288. The molecular formula is C16H18FNO2. The maximum absolute atomic E-state index is 13.4. The van der Waals surface area contributed by atoms with Crippen LogP contribution in [-0.2, 0) is 0 Å². The zero-order chi connectivity index (χ0) is 14.5. The highest BCUT2D eigenvalue weighted by atomic mass is 19.1. The maximum Gasteiger partial charge on any atom is 0.161 e. The van der Waals surface area contributed by atoms with Crippen LogP contribution >= 0.6 is 0 Å². The number of hydrogen-bond donors (Lipinski definition) is 1. The Labute approximate surface area is 118 Å². The Balaban J connectivity index is 2.46. The molecule has 20 heavy (non-hydrogen) atoms. The summed E-state index contributed by atoms with van der Waals surface area (Å²) in [6.45, 7) is 4.90. The van der Waals surface area contributed by atoms with Gasteiger partial charge in [-0.2, -0.15) is 0 Å². The van der Waals surface area contributed by atoms with Gasteiger partial charge in [0, 0.05) is 11.3 Å². The molecule has 0 radical (unpaired) electrons. The molecule has 0 aliphatic heterocycles. The second-order valence-corrected chi connectivity index (χ2v) is 4.26. The lowest BCUT2D eigenvalue weighted by Crippen LogP contribution is -1.99. The quantitative estimate of drug-likeness (QED) is 0.842. The first-order valence-electron chi connectivity index (χ1n) is 6.60. The third-order valence-corrected chi connectivity index (χ3v) is 2.87. The summed E-state index contributed by atoms with van der Waals surface area (Å²) in [5, 5.41) is 0. The third kappa shape index (κ3) is 3.02. The van der Waals surface area contributed by atoms with Crippen LogP contribution in [0.25, 0.3) is 11.1 Å². The number of nitrogens with two attached hydrogens (primary N) is 1. The molecule has 2 rings (SSSR count). The van der Waals surface area contributed by atoms with E-state index >= 15 is 0 Å². The molecule has 106 valence electrons. The summed E-state index contributed by atoms with van der Waals surface area (Å²) in [6, 6.07) is 9.80. The second-order valence-electron chi connectivity index (χ2n) is 4.26. The first-order chi connectivity index (χ1) is 9.65. The predicted molar refractivity (Wildman–Crippen MR) is 78.6 cm³/mol. The van der Waals surface area contributed by atoms with Crippen molar-refractivity contribution in [2.45, 2.75) is 13.8 Å². The summed E-state index contributed by atoms with van der Waals surface area (Å²) in [4.78, 5) is 0. The van der Waals surface area contributed by atoms with Crippen LogP contribution in [0.3, 0.4) is 0 Å². The molecule has 0 saturated carbocycles. The average Bonchev–Trinajstić information content (AvgIpc) is 2.44. The van der Waals surface area contributed by atoms with Gasteiger partial charge in [-0.15, -0.1) is 0 Å². The van der Waals surface area contributed by atoms with Crippen molar-refractivity contribution >= 4 is 5.69 Å². The summed E-state index contributed by atoms with van der Waals surface area (Å²) < 4.78 is 24.4. The van der Waals surface area contributed by atoms with Gasteiger partial charge in [-0.3, -0.25) is 0 Å². The standard InChI is InChI=1S/C16H18FNO2/c1-3-19-15-8-5-11(9-16(15)20-4-2)13-10-12(17)6-7-14(13)18/h5-10H,3-4,18H2,1-2H3. The highest BCUT2D eigenvalue weighted by Crippen LogP contribution is 2.35. The highest BCUT2D eigenvalue weighted by molar-refractivity contribution is 5.77. The van der Waals surface area contributed by atoms with Gasteiger partial charge < -0.3 is 15.2 Å². The van der Waals surface area contributed by atoms with E-state index in [1.165, 1.54) is 12.1 Å². The SMILES string of the molecule is CCOc1ccc(-c2cc(F)ccc2N)cc1OCC. The fourth-order valence-corrected chi connectivity index (χ4v) is 2.00. The monoisotopic (exact) mass is 275 g/mol. The Morgan fingerprint density at radius 1 is 0.950 bits per heavy atom. The van der Waals surface area contributed by atoms with Crippen LogP contribution in [0.15, 0.2) is 36.4 Å². The first kappa shape index (κ1) is 14.2. The van der Waals surface area contributed by atoms with Gasteiger partial charge in [-0.05, 0) is 49.7 Å². The predicted octanol–water partition coefficient (Wildman–Crippen LogP) is 3.87. The van der Waals surface area contributed by atoms with Gasteiger partial charge in [-0.1, -0.05) is 6.07 Å². The third-order valence-electron chi connectivity index (χ3n) is 2.87. The summed E-state index contributed by atoms with van der Waals surface area (Å²) >= 11 is 0. The summed E-state index contributed by atoms with van der Waals surface area (Å²) in [7, 11) is 0. The Kier molecular flexibility index (Phi) is 4.45. The van der Waals surface area contributed by atoms with E-state index in [9.17, 15) is 4.39 Å². The molecule has 2 aromatic rings. The second kappa shape index (κ2) is 6.28. The molecule has 0 unspecified atom stereocenters. The molecule has 0 saturated heterocycles. The maximum atomic E-state index is 13.4. The summed E-state index contributed by atoms with van der Waals surface area (Å²) in [5.41, 5.74) is 7.88. The van der Waals surface area contributed by atoms with E-state index in [1.807, 2.05) is 32.0 Å². The number of rotatable bonds is 5. The molecule has 0 heterocycles. The first-order valence-corrected chi connectivity index (χ1v) is 6.60. The smallest absolute Gasteiger partial charge is 0.161 e. The van der Waals surface area contributed by atoms with Crippen LogP contribution in [0, 0.1) is 5.82 Å². The lowest BCUT2D eigenvalue weighted by Gasteiger charge is -2.13. The minimum absolute atomic E-state index is 0.318. The Morgan fingerprint density at radius 2 is 1.65 bits per heavy atom. The van der Waals surface area contributed by atoms with Crippen molar-refractivity contribution in [3.63, 3.8) is 0 Å². The largest absolute Gasteiger partial charge is 0.490 e. The van der Waals surface area contributed by atoms with Crippen LogP contribution in [0.1, 0.15) is 13.8 Å². The molecule has 0 aliphatic carbocycles. The van der Waals surface area contributed by atoms with E-state index in [2.05, 4.69) is 0 Å². The van der Waals surface area contributed by atoms with Gasteiger partial charge in [0.05, 0.1) is 13.2 Å². The van der Waals surface area contributed by atoms with Gasteiger partial charge in [-0.25, -0.2) is 4.39 Å². The minimum atomic E-state index is -0.318. The fraction of sp³-hybridized carbons (Fsp3) is 0.250. The molecule has 0 aromatic heterocycles. The molecular weight excluding hydrogens is 257 g/mol. The van der Waals surface area contributed by atoms with Crippen LogP contribution in [-0.4, -0.2) is 13.2 Å². The van der Waals surface area contributed by atoms with E-state index in [4.69, 9.17) is 15.2 Å². The normalized spacial score (nSPS) is 10.3. The highest BCUT2D eigenvalue weighted by Gasteiger charge is 2.10. The molecule has 0 atom stereocenters. The van der Waals surface area contributed by atoms with Gasteiger partial charge in [0.2, 0.25) is 0 Å². The topological polar surface area (TPSA) is 44.5 Å². The van der Waals surface area contributed by atoms with E-state index in [0.29, 0.717) is 36.0 Å². The Bertz CT molecular complexity index is 599. The molecule has 0 fully saturated rings. The number of ether oxygens (including phenoxy) is 2. The molecule has 4 heteroatoms. The van der Waals surface area contributed by atoms with Gasteiger partial charge in [0.1, 0.15) is 5.82 Å². The Morgan fingerprint density at radius 3 is 2.35 bits per heavy atom. The van der Waals surface area contributed by atoms with Crippen molar-refractivity contribution in [1.29, 1.82) is 0 Å². The number of hydrogen-bond acceptors (Lipinski definition) is 3. The lowest BCUT2D eigenvalue weighted by atomic mass is 10.0. The molecule has 0 bridgehead atoms. The van der Waals surface area contributed by atoms with Crippen LogP contribution in [0.4, 0.5) is 10.1 Å². The van der Waals surface area contributed by atoms with Gasteiger partial charge in [0.15, 0.2) is 11.5 Å². The number of benzene rings is 2. The van der Waals surface area contributed by atoms with E-state index in [-0.39, 0.29) is 5.82 Å². The zero-order valence-corrected chi connectivity index (χ0v) is 11.7. The molecule has 0 aliphatic rings. The molecule has 0 amide bonds. The summed E-state index contributed by atoms with van der Waals surface area (Å²) in [5.74, 6) is 0.990. The fourth-order valence-electron chi connectivity index (χ4n) is 2.00. The van der Waals surface area contributed by atoms with Gasteiger partial charge in [0.25, 0.3) is 0 Å². The van der Waals surface area contributed by atoms with Crippen molar-refractivity contribution in [3.8, 4) is 22.6 Å². The van der Waals surface area contributed by atoms with E-state index in [1.54, 1.807) is 6.07 Å². The van der Waals surface area contributed by atoms with Crippen molar-refractivity contribution in [2.75, 3.05) is 18.9 Å². The average molecular weight is 275 g/mol. The number of anilines is 1. The molecule has 2 aromatic carbocycles. The number of halogens is 1. The van der Waals surface area contributed by atoms with Crippen LogP contribution in [0.2, 0.25) is 0 Å². The minimum Gasteiger partial charge on any atom is -0.490 e. The van der Waals surface area contributed by atoms with Gasteiger partial charge >= 0.3 is 0 Å². The molecule has 3 nitrogen and oxygen atoms in total. The van der Waals surface area contributed by atoms with E-state index < -0.39 is 0 Å². The summed E-state index contributed by atoms with van der Waals surface area (Å²) in [6.07, 6.45) is 0. The van der Waals surface area contributed by atoms with Crippen LogP contribution < -0.4 is 15.2 Å². The van der Waals surface area contributed by atoms with Crippen molar-refractivity contribution < 1.29 is 13.9 Å². The van der Waals surface area contributed by atoms with Crippen molar-refractivity contribution in [1.82, 2.24) is 0 Å². The molecule has 0 spiro atoms. The Hall–Kier alpha value is -2.23.